The number of alkyl halides is 3. The van der Waals surface area contributed by atoms with Crippen molar-refractivity contribution in [1.82, 2.24) is 20.2 Å². The highest BCUT2D eigenvalue weighted by Gasteiger charge is 2.31. The van der Waals surface area contributed by atoms with Gasteiger partial charge in [0.2, 0.25) is 0 Å². The maximum atomic E-state index is 12.9. The second kappa shape index (κ2) is 9.07. The molecule has 0 saturated carbocycles. The lowest BCUT2D eigenvalue weighted by Gasteiger charge is -2.41. The number of halogens is 3. The molecule has 1 atom stereocenters. The van der Waals surface area contributed by atoms with Gasteiger partial charge in [-0.2, -0.15) is 13.2 Å². The van der Waals surface area contributed by atoms with E-state index in [1.165, 1.54) is 12.1 Å². The summed E-state index contributed by atoms with van der Waals surface area (Å²) in [5.74, 6) is 1.52. The van der Waals surface area contributed by atoms with Crippen LogP contribution in [-0.4, -0.2) is 50.9 Å². The number of anilines is 2. The van der Waals surface area contributed by atoms with E-state index in [0.29, 0.717) is 36.6 Å². The molecule has 4 rings (SSSR count). The van der Waals surface area contributed by atoms with Crippen LogP contribution in [0.5, 0.6) is 0 Å². The first-order valence-corrected chi connectivity index (χ1v) is 11.4. The molecule has 3 heterocycles. The lowest BCUT2D eigenvalue weighted by Crippen LogP contribution is -2.53. The van der Waals surface area contributed by atoms with E-state index < -0.39 is 17.3 Å². The molecule has 1 aliphatic heterocycles. The van der Waals surface area contributed by atoms with E-state index in [0.717, 1.165) is 34.9 Å². The Morgan fingerprint density at radius 1 is 0.943 bits per heavy atom. The number of hydrogen-bond acceptors (Lipinski definition) is 7. The maximum Gasteiger partial charge on any atom is 0.416 e. The van der Waals surface area contributed by atoms with Gasteiger partial charge in [0.05, 0.1) is 29.3 Å². The van der Waals surface area contributed by atoms with Crippen molar-refractivity contribution in [1.29, 1.82) is 0 Å². The Kier molecular flexibility index (Phi) is 6.44. The number of benzene rings is 1. The summed E-state index contributed by atoms with van der Waals surface area (Å²) in [6.45, 7) is 11.4. The summed E-state index contributed by atoms with van der Waals surface area (Å²) in [6.07, 6.45) is -1.08. The van der Waals surface area contributed by atoms with Crippen LogP contribution in [0.25, 0.3) is 11.3 Å². The highest BCUT2D eigenvalue weighted by molar-refractivity contribution is 5.67. The summed E-state index contributed by atoms with van der Waals surface area (Å²) < 4.78 is 38.7. The minimum absolute atomic E-state index is 0.127. The van der Waals surface area contributed by atoms with E-state index in [1.807, 2.05) is 13.8 Å². The summed E-state index contributed by atoms with van der Waals surface area (Å²) in [4.78, 5) is 13.2. The Balaban J connectivity index is 1.51. The molecule has 2 aromatic heterocycles. The second-order valence-electron chi connectivity index (χ2n) is 9.50. The van der Waals surface area contributed by atoms with Crippen LogP contribution in [0.2, 0.25) is 0 Å². The van der Waals surface area contributed by atoms with Crippen LogP contribution in [0, 0.1) is 13.8 Å². The van der Waals surface area contributed by atoms with E-state index in [4.69, 9.17) is 0 Å². The molecular weight excluding hydrogens is 457 g/mol. The van der Waals surface area contributed by atoms with Gasteiger partial charge in [0.1, 0.15) is 11.4 Å². The normalized spacial score (nSPS) is 17.1. The molecule has 35 heavy (non-hydrogen) atoms. The van der Waals surface area contributed by atoms with Crippen molar-refractivity contribution in [3.8, 4) is 11.3 Å². The Bertz CT molecular complexity index is 1190. The molecule has 10 heteroatoms. The molecule has 3 aromatic rings. The monoisotopic (exact) mass is 486 g/mol. The van der Waals surface area contributed by atoms with Crippen molar-refractivity contribution in [3.63, 3.8) is 0 Å². The van der Waals surface area contributed by atoms with Crippen molar-refractivity contribution < 1.29 is 18.3 Å². The summed E-state index contributed by atoms with van der Waals surface area (Å²) in [5.41, 5.74) is 1.80. The molecule has 1 N–H and O–H groups in total. The molecule has 0 amide bonds. The topological polar surface area (TPSA) is 78.3 Å². The van der Waals surface area contributed by atoms with E-state index in [9.17, 15) is 18.3 Å². The quantitative estimate of drug-likeness (QED) is 0.581. The number of nitrogens with zero attached hydrogens (tertiary/aromatic N) is 6. The zero-order chi connectivity index (χ0) is 25.5. The molecule has 1 aromatic carbocycles. The van der Waals surface area contributed by atoms with Gasteiger partial charge in [0, 0.05) is 31.2 Å². The standard InChI is InChI=1S/C25H29F3N6O/c1-15-14-33(10-11-34(15)21-13-29-20(12-30-21)24(4,5)35)23-17(3)16(2)22(31-32-23)18-6-8-19(9-7-18)25(26,27)28/h6-9,12-13,15,35H,10-11,14H2,1-5H3/t15-/m1/s1. The van der Waals surface area contributed by atoms with Crippen molar-refractivity contribution >= 4 is 11.6 Å². The average Bonchev–Trinajstić information content (AvgIpc) is 2.80. The van der Waals surface area contributed by atoms with Crippen LogP contribution in [0.1, 0.15) is 43.2 Å². The van der Waals surface area contributed by atoms with Gasteiger partial charge in [-0.1, -0.05) is 12.1 Å². The lowest BCUT2D eigenvalue weighted by atomic mass is 10.0. The fourth-order valence-electron chi connectivity index (χ4n) is 4.26. The summed E-state index contributed by atoms with van der Waals surface area (Å²) >= 11 is 0. The molecule has 0 spiro atoms. The van der Waals surface area contributed by atoms with Gasteiger partial charge in [-0.3, -0.25) is 4.98 Å². The van der Waals surface area contributed by atoms with Crippen LogP contribution in [-0.2, 0) is 11.8 Å². The molecule has 1 aliphatic rings. The Hall–Kier alpha value is -3.27. The van der Waals surface area contributed by atoms with Crippen LogP contribution in [0.4, 0.5) is 24.8 Å². The Morgan fingerprint density at radius 3 is 2.17 bits per heavy atom. The molecule has 7 nitrogen and oxygen atoms in total. The third-order valence-electron chi connectivity index (χ3n) is 6.47. The minimum Gasteiger partial charge on any atom is -0.384 e. The molecule has 1 fully saturated rings. The second-order valence-corrected chi connectivity index (χ2v) is 9.50. The van der Waals surface area contributed by atoms with E-state index in [1.54, 1.807) is 26.2 Å². The van der Waals surface area contributed by atoms with Gasteiger partial charge in [-0.15, -0.1) is 10.2 Å². The smallest absolute Gasteiger partial charge is 0.384 e. The average molecular weight is 487 g/mol. The summed E-state index contributed by atoms with van der Waals surface area (Å²) in [7, 11) is 0. The number of hydrogen-bond donors (Lipinski definition) is 1. The van der Waals surface area contributed by atoms with Crippen LogP contribution >= 0.6 is 0 Å². The number of rotatable bonds is 4. The van der Waals surface area contributed by atoms with Gasteiger partial charge in [0.15, 0.2) is 5.82 Å². The van der Waals surface area contributed by atoms with Crippen molar-refractivity contribution in [2.45, 2.75) is 52.4 Å². The highest BCUT2D eigenvalue weighted by atomic mass is 19.4. The predicted molar refractivity (Wildman–Crippen MR) is 128 cm³/mol. The molecule has 0 bridgehead atoms. The summed E-state index contributed by atoms with van der Waals surface area (Å²) in [6, 6.07) is 5.13. The lowest BCUT2D eigenvalue weighted by molar-refractivity contribution is -0.137. The van der Waals surface area contributed by atoms with Crippen LogP contribution in [0.15, 0.2) is 36.7 Å². The fourth-order valence-corrected chi connectivity index (χ4v) is 4.26. The first-order valence-electron chi connectivity index (χ1n) is 11.4. The van der Waals surface area contributed by atoms with Crippen molar-refractivity contribution in [2.24, 2.45) is 0 Å². The van der Waals surface area contributed by atoms with Gasteiger partial charge in [0.25, 0.3) is 0 Å². The molecule has 0 aliphatic carbocycles. The van der Waals surface area contributed by atoms with E-state index in [2.05, 4.69) is 36.9 Å². The minimum atomic E-state index is -4.37. The van der Waals surface area contributed by atoms with Crippen molar-refractivity contribution in [3.05, 3.63) is 59.0 Å². The number of aliphatic hydroxyl groups is 1. The maximum absolute atomic E-state index is 12.9. The number of piperazine rings is 1. The first-order chi connectivity index (χ1) is 16.4. The number of aromatic nitrogens is 4. The molecule has 1 saturated heterocycles. The SMILES string of the molecule is Cc1c(-c2ccc(C(F)(F)F)cc2)nnc(N2CCN(c3cnc(C(C)(C)O)cn3)[C@H](C)C2)c1C. The molecule has 186 valence electrons. The Morgan fingerprint density at radius 2 is 1.63 bits per heavy atom. The van der Waals surface area contributed by atoms with Crippen molar-refractivity contribution in [2.75, 3.05) is 29.4 Å². The molecular formula is C25H29F3N6O. The van der Waals surface area contributed by atoms with Gasteiger partial charge in [-0.25, -0.2) is 4.98 Å². The third-order valence-corrected chi connectivity index (χ3v) is 6.47. The van der Waals surface area contributed by atoms with Crippen LogP contribution in [0.3, 0.4) is 0 Å². The molecule has 0 radical (unpaired) electrons. The van der Waals surface area contributed by atoms with Gasteiger partial charge >= 0.3 is 6.18 Å². The first kappa shape index (κ1) is 24.8. The fraction of sp³-hybridized carbons (Fsp3) is 0.440. The van der Waals surface area contributed by atoms with Gasteiger partial charge in [-0.05, 0) is 57.9 Å². The zero-order valence-electron chi connectivity index (χ0n) is 20.4. The highest BCUT2D eigenvalue weighted by Crippen LogP contribution is 2.33. The Labute approximate surface area is 202 Å². The zero-order valence-corrected chi connectivity index (χ0v) is 20.4. The largest absolute Gasteiger partial charge is 0.416 e. The third kappa shape index (κ3) is 5.07. The van der Waals surface area contributed by atoms with Crippen LogP contribution < -0.4 is 9.80 Å². The van der Waals surface area contributed by atoms with E-state index in [-0.39, 0.29) is 6.04 Å². The summed E-state index contributed by atoms with van der Waals surface area (Å²) in [5, 5.41) is 18.9. The molecule has 0 unspecified atom stereocenters. The predicted octanol–water partition coefficient (Wildman–Crippen LogP) is 4.51. The van der Waals surface area contributed by atoms with E-state index >= 15 is 0 Å². The van der Waals surface area contributed by atoms with Gasteiger partial charge < -0.3 is 14.9 Å².